The molecule has 3 aromatic rings. The number of carbonyl (C=O) groups is 2. The average Bonchev–Trinajstić information content (AvgIpc) is 3.40. The zero-order valence-corrected chi connectivity index (χ0v) is 25.1. The predicted octanol–water partition coefficient (Wildman–Crippen LogP) is 5.16. The molecular weight excluding hydrogens is 542 g/mol. The summed E-state index contributed by atoms with van der Waals surface area (Å²) in [4.78, 5) is 37.2. The number of ether oxygens (including phenoxy) is 2. The van der Waals surface area contributed by atoms with Gasteiger partial charge >= 0.3 is 6.03 Å². The average molecular weight is 584 g/mol. The number of aromatic nitrogens is 1. The Balaban J connectivity index is 1.07. The number of nitrogens with zero attached hydrogens (tertiary/aromatic N) is 4. The lowest BCUT2D eigenvalue weighted by Gasteiger charge is -2.39. The Morgan fingerprint density at radius 2 is 1.67 bits per heavy atom. The van der Waals surface area contributed by atoms with E-state index in [-0.39, 0.29) is 30.1 Å². The second-order valence-corrected chi connectivity index (χ2v) is 11.7. The minimum absolute atomic E-state index is 0.0899. The normalized spacial score (nSPS) is 20.4. The largest absolute Gasteiger partial charge is 0.439 e. The molecule has 0 spiro atoms. The third-order valence-corrected chi connectivity index (χ3v) is 9.07. The highest BCUT2D eigenvalue weighted by Crippen LogP contribution is 2.37. The van der Waals surface area contributed by atoms with E-state index in [9.17, 15) is 9.59 Å². The molecule has 3 saturated heterocycles. The van der Waals surface area contributed by atoms with Crippen molar-refractivity contribution in [3.8, 4) is 11.6 Å². The van der Waals surface area contributed by atoms with Crippen molar-refractivity contribution < 1.29 is 19.1 Å². The molecule has 1 N–H and O–H groups in total. The Morgan fingerprint density at radius 1 is 0.953 bits per heavy atom. The topological polar surface area (TPSA) is 87.2 Å². The standard InChI is InChI=1S/C34H41N5O4/c1-24-27(10-13-32(36-24)43-30-11-8-26(9-12-30)33(40)35-2)22-37-18-14-29(15-19-37)39-31(25-6-4-3-5-7-25)23-38(34(39)41)28-16-20-42-21-17-28/h3-13,28-29,31H,14-23H2,1-2H3,(H,35,40). The van der Waals surface area contributed by atoms with Crippen molar-refractivity contribution in [2.24, 2.45) is 0 Å². The van der Waals surface area contributed by atoms with E-state index in [2.05, 4.69) is 50.3 Å². The molecular formula is C34H41N5O4. The quantitative estimate of drug-likeness (QED) is 0.394. The highest BCUT2D eigenvalue weighted by molar-refractivity contribution is 5.94. The second-order valence-electron chi connectivity index (χ2n) is 11.7. The molecule has 3 aliphatic rings. The third kappa shape index (κ3) is 6.53. The van der Waals surface area contributed by atoms with E-state index in [1.165, 1.54) is 11.1 Å². The SMILES string of the molecule is CNC(=O)c1ccc(Oc2ccc(CN3CCC(N4C(=O)N(C5CCOCC5)CC4c4ccccc4)CC3)c(C)n2)cc1. The van der Waals surface area contributed by atoms with Crippen LogP contribution in [0.15, 0.2) is 66.7 Å². The first-order chi connectivity index (χ1) is 21.0. The van der Waals surface area contributed by atoms with E-state index in [4.69, 9.17) is 14.5 Å². The highest BCUT2D eigenvalue weighted by Gasteiger charge is 2.45. The minimum atomic E-state index is -0.131. The van der Waals surface area contributed by atoms with Crippen LogP contribution in [0.2, 0.25) is 0 Å². The van der Waals surface area contributed by atoms with Crippen LogP contribution in [0.1, 0.15) is 58.9 Å². The zero-order chi connectivity index (χ0) is 29.8. The minimum Gasteiger partial charge on any atom is -0.439 e. The molecule has 1 aromatic heterocycles. The van der Waals surface area contributed by atoms with Crippen LogP contribution in [0.25, 0.3) is 0 Å². The van der Waals surface area contributed by atoms with Gasteiger partial charge < -0.3 is 24.6 Å². The number of aryl methyl sites for hydroxylation is 1. The number of rotatable bonds is 8. The smallest absolute Gasteiger partial charge is 0.321 e. The molecule has 0 saturated carbocycles. The number of urea groups is 1. The summed E-state index contributed by atoms with van der Waals surface area (Å²) >= 11 is 0. The summed E-state index contributed by atoms with van der Waals surface area (Å²) in [6, 6.07) is 22.3. The highest BCUT2D eigenvalue weighted by atomic mass is 16.5. The van der Waals surface area contributed by atoms with Crippen LogP contribution in [0, 0.1) is 6.92 Å². The first kappa shape index (κ1) is 29.1. The summed E-state index contributed by atoms with van der Waals surface area (Å²) < 4.78 is 11.5. The number of pyridine rings is 1. The fraction of sp³-hybridized carbons (Fsp3) is 0.441. The van der Waals surface area contributed by atoms with Gasteiger partial charge in [0.1, 0.15) is 5.75 Å². The number of carbonyl (C=O) groups excluding carboxylic acids is 2. The summed E-state index contributed by atoms with van der Waals surface area (Å²) in [5, 5.41) is 2.62. The van der Waals surface area contributed by atoms with Crippen molar-refractivity contribution in [1.29, 1.82) is 0 Å². The molecule has 0 bridgehead atoms. The maximum absolute atomic E-state index is 13.9. The Hall–Kier alpha value is -3.95. The first-order valence-corrected chi connectivity index (χ1v) is 15.4. The van der Waals surface area contributed by atoms with Crippen LogP contribution in [-0.4, -0.2) is 83.6 Å². The Kier molecular flexibility index (Phi) is 8.90. The molecule has 9 heteroatoms. The van der Waals surface area contributed by atoms with Crippen molar-refractivity contribution in [3.63, 3.8) is 0 Å². The van der Waals surface area contributed by atoms with E-state index in [1.807, 2.05) is 19.1 Å². The number of nitrogens with one attached hydrogen (secondary N) is 1. The van der Waals surface area contributed by atoms with Crippen LogP contribution in [-0.2, 0) is 11.3 Å². The monoisotopic (exact) mass is 583 g/mol. The van der Waals surface area contributed by atoms with E-state index >= 15 is 0 Å². The van der Waals surface area contributed by atoms with Gasteiger partial charge in [-0.3, -0.25) is 9.69 Å². The lowest BCUT2D eigenvalue weighted by Crippen LogP contribution is -2.48. The van der Waals surface area contributed by atoms with Crippen LogP contribution in [0.4, 0.5) is 4.79 Å². The van der Waals surface area contributed by atoms with Crippen molar-refractivity contribution in [2.45, 2.75) is 57.3 Å². The van der Waals surface area contributed by atoms with Gasteiger partial charge in [0.15, 0.2) is 0 Å². The van der Waals surface area contributed by atoms with Crippen LogP contribution < -0.4 is 10.1 Å². The van der Waals surface area contributed by atoms with E-state index in [0.29, 0.717) is 17.2 Å². The molecule has 9 nitrogen and oxygen atoms in total. The summed E-state index contributed by atoms with van der Waals surface area (Å²) in [7, 11) is 1.61. The molecule has 43 heavy (non-hydrogen) atoms. The molecule has 3 fully saturated rings. The number of benzene rings is 2. The molecule has 1 atom stereocenters. The van der Waals surface area contributed by atoms with Gasteiger partial charge in [0.2, 0.25) is 5.88 Å². The number of hydrogen-bond acceptors (Lipinski definition) is 6. The Bertz CT molecular complexity index is 1400. The molecule has 3 aliphatic heterocycles. The molecule has 4 heterocycles. The van der Waals surface area contributed by atoms with Gasteiger partial charge in [0.05, 0.1) is 6.04 Å². The summed E-state index contributed by atoms with van der Waals surface area (Å²) in [6.45, 7) is 6.92. The molecule has 6 rings (SSSR count). The Morgan fingerprint density at radius 3 is 2.35 bits per heavy atom. The van der Waals surface area contributed by atoms with E-state index < -0.39 is 0 Å². The maximum atomic E-state index is 13.9. The molecule has 3 amide bonds. The Labute approximate surface area is 253 Å². The maximum Gasteiger partial charge on any atom is 0.321 e. The third-order valence-electron chi connectivity index (χ3n) is 9.07. The zero-order valence-electron chi connectivity index (χ0n) is 25.1. The van der Waals surface area contributed by atoms with Gasteiger partial charge in [-0.15, -0.1) is 0 Å². The number of likely N-dealkylation sites (tertiary alicyclic amines) is 1. The molecule has 1 unspecified atom stereocenters. The number of amides is 3. The summed E-state index contributed by atoms with van der Waals surface area (Å²) in [5.74, 6) is 1.03. The van der Waals surface area contributed by atoms with Crippen molar-refractivity contribution in [1.82, 2.24) is 25.0 Å². The molecule has 0 aliphatic carbocycles. The van der Waals surface area contributed by atoms with Crippen LogP contribution in [0.3, 0.4) is 0 Å². The molecule has 0 radical (unpaired) electrons. The van der Waals surface area contributed by atoms with Gasteiger partial charge in [-0.1, -0.05) is 36.4 Å². The number of piperidine rings is 1. The second kappa shape index (κ2) is 13.1. The van der Waals surface area contributed by atoms with Crippen molar-refractivity contribution in [3.05, 3.63) is 89.1 Å². The van der Waals surface area contributed by atoms with Crippen LogP contribution in [0.5, 0.6) is 11.6 Å². The lowest BCUT2D eigenvalue weighted by molar-refractivity contribution is 0.0493. The van der Waals surface area contributed by atoms with E-state index in [1.54, 1.807) is 31.3 Å². The van der Waals surface area contributed by atoms with Gasteiger partial charge in [0.25, 0.3) is 5.91 Å². The van der Waals surface area contributed by atoms with Crippen molar-refractivity contribution >= 4 is 11.9 Å². The van der Waals surface area contributed by atoms with Gasteiger partial charge in [-0.2, -0.15) is 0 Å². The van der Waals surface area contributed by atoms with Gasteiger partial charge in [-0.25, -0.2) is 9.78 Å². The summed E-state index contributed by atoms with van der Waals surface area (Å²) in [5.41, 5.74) is 3.91. The first-order valence-electron chi connectivity index (χ1n) is 15.4. The van der Waals surface area contributed by atoms with Crippen LogP contribution >= 0.6 is 0 Å². The molecule has 226 valence electrons. The predicted molar refractivity (Wildman–Crippen MR) is 164 cm³/mol. The van der Waals surface area contributed by atoms with Gasteiger partial charge in [0, 0.05) is 75.8 Å². The number of hydrogen-bond donors (Lipinski definition) is 1. The fourth-order valence-electron chi connectivity index (χ4n) is 6.61. The molecule has 2 aromatic carbocycles. The van der Waals surface area contributed by atoms with Gasteiger partial charge in [-0.05, 0) is 68.0 Å². The summed E-state index contributed by atoms with van der Waals surface area (Å²) in [6.07, 6.45) is 3.74. The lowest BCUT2D eigenvalue weighted by atomic mass is 9.98. The fourth-order valence-corrected chi connectivity index (χ4v) is 6.61. The van der Waals surface area contributed by atoms with E-state index in [0.717, 1.165) is 70.8 Å². The van der Waals surface area contributed by atoms with Crippen molar-refractivity contribution in [2.75, 3.05) is 39.9 Å².